The summed E-state index contributed by atoms with van der Waals surface area (Å²) < 4.78 is 0. The van der Waals surface area contributed by atoms with Crippen LogP contribution in [0.4, 0.5) is 0 Å². The van der Waals surface area contributed by atoms with Gasteiger partial charge in [-0.25, -0.2) is 0 Å². The monoisotopic (exact) mass is 182 g/mol. The summed E-state index contributed by atoms with van der Waals surface area (Å²) in [7, 11) is 0. The molecule has 2 nitrogen and oxygen atoms in total. The molecular weight excluding hydrogens is 160 g/mol. The summed E-state index contributed by atoms with van der Waals surface area (Å²) in [5.41, 5.74) is 0. The van der Waals surface area contributed by atoms with E-state index in [1.807, 2.05) is 0 Å². The fourth-order valence-electron chi connectivity index (χ4n) is 1.95. The molecule has 2 heteroatoms. The topological polar surface area (TPSA) is 24.4 Å². The van der Waals surface area contributed by atoms with Crippen molar-refractivity contribution in [1.29, 1.82) is 0 Å². The molecule has 1 fully saturated rings. The summed E-state index contributed by atoms with van der Waals surface area (Å²) in [6.45, 7) is 7.04. The average molecular weight is 182 g/mol. The van der Waals surface area contributed by atoms with Crippen molar-refractivity contribution < 1.29 is 0 Å². The van der Waals surface area contributed by atoms with Crippen molar-refractivity contribution in [3.8, 4) is 0 Å². The fourth-order valence-corrected chi connectivity index (χ4v) is 1.95. The van der Waals surface area contributed by atoms with Gasteiger partial charge in [0.25, 0.3) is 0 Å². The molecule has 0 aromatic carbocycles. The fraction of sp³-hybridized carbons (Fsp3) is 0.909. The maximum absolute atomic E-state index is 4.10. The van der Waals surface area contributed by atoms with Crippen LogP contribution in [0.25, 0.3) is 0 Å². The molecule has 0 aromatic rings. The maximum Gasteiger partial charge on any atom is 0.0493 e. The van der Waals surface area contributed by atoms with Crippen molar-refractivity contribution in [2.45, 2.75) is 57.5 Å². The Morgan fingerprint density at radius 3 is 2.54 bits per heavy atom. The minimum Gasteiger partial charge on any atom is -0.314 e. The van der Waals surface area contributed by atoms with Gasteiger partial charge in [0, 0.05) is 12.1 Å². The Balaban J connectivity index is 2.07. The summed E-state index contributed by atoms with van der Waals surface area (Å²) in [4.78, 5) is 4.10. The van der Waals surface area contributed by atoms with Crippen LogP contribution >= 0.6 is 0 Å². The van der Waals surface area contributed by atoms with E-state index in [1.165, 1.54) is 45.1 Å². The van der Waals surface area contributed by atoms with Gasteiger partial charge in [-0.15, -0.1) is 0 Å². The minimum atomic E-state index is 0.546. The van der Waals surface area contributed by atoms with Gasteiger partial charge < -0.3 is 5.32 Å². The molecule has 0 bridgehead atoms. The molecule has 1 aliphatic carbocycles. The largest absolute Gasteiger partial charge is 0.314 e. The van der Waals surface area contributed by atoms with Crippen molar-refractivity contribution in [2.75, 3.05) is 6.54 Å². The Labute approximate surface area is 81.8 Å². The number of unbranched alkanes of at least 4 members (excludes halogenated alkanes) is 1. The lowest BCUT2D eigenvalue weighted by Crippen LogP contribution is -2.34. The lowest BCUT2D eigenvalue weighted by Gasteiger charge is -2.26. The quantitative estimate of drug-likeness (QED) is 0.512. The molecule has 0 atom stereocenters. The summed E-state index contributed by atoms with van der Waals surface area (Å²) in [6, 6.07) is 1.30. The average Bonchev–Trinajstić information content (AvgIpc) is 2.19. The third-order valence-corrected chi connectivity index (χ3v) is 2.92. The predicted molar refractivity (Wildman–Crippen MR) is 58.5 cm³/mol. The smallest absolute Gasteiger partial charge is 0.0493 e. The zero-order valence-electron chi connectivity index (χ0n) is 8.76. The lowest BCUT2D eigenvalue weighted by molar-refractivity contribution is 0.344. The van der Waals surface area contributed by atoms with Crippen molar-refractivity contribution in [1.82, 2.24) is 5.32 Å². The summed E-state index contributed by atoms with van der Waals surface area (Å²) >= 11 is 0. The van der Waals surface area contributed by atoms with Gasteiger partial charge in [-0.3, -0.25) is 4.99 Å². The summed E-state index contributed by atoms with van der Waals surface area (Å²) in [6.07, 6.45) is 7.62. The lowest BCUT2D eigenvalue weighted by atomic mass is 9.91. The zero-order valence-corrected chi connectivity index (χ0v) is 8.76. The Kier molecular flexibility index (Phi) is 5.06. The van der Waals surface area contributed by atoms with Gasteiger partial charge in [-0.05, 0) is 45.4 Å². The normalized spacial score (nSPS) is 28.7. The standard InChI is InChI=1S/C11H22N2/c1-3-4-9-13-11-7-5-10(12-2)6-8-11/h10-11,13H,2-9H2,1H3. The van der Waals surface area contributed by atoms with Crippen LogP contribution in [0.3, 0.4) is 0 Å². The van der Waals surface area contributed by atoms with E-state index in [-0.39, 0.29) is 0 Å². The second-order valence-electron chi connectivity index (χ2n) is 4.00. The molecule has 0 amide bonds. The van der Waals surface area contributed by atoms with Gasteiger partial charge in [-0.1, -0.05) is 13.3 Å². The molecular formula is C11H22N2. The first-order valence-electron chi connectivity index (χ1n) is 5.56. The highest BCUT2D eigenvalue weighted by atomic mass is 14.9. The molecule has 1 aliphatic rings. The molecule has 76 valence electrons. The molecule has 0 unspecified atom stereocenters. The SMILES string of the molecule is C=NC1CCC(NCCCC)CC1. The number of nitrogens with one attached hydrogen (secondary N) is 1. The Hall–Kier alpha value is -0.370. The first-order valence-corrected chi connectivity index (χ1v) is 5.56. The Morgan fingerprint density at radius 2 is 2.00 bits per heavy atom. The maximum atomic E-state index is 4.10. The molecule has 0 saturated heterocycles. The molecule has 1 saturated carbocycles. The van der Waals surface area contributed by atoms with Gasteiger partial charge in [0.2, 0.25) is 0 Å². The van der Waals surface area contributed by atoms with Crippen molar-refractivity contribution in [3.05, 3.63) is 0 Å². The van der Waals surface area contributed by atoms with Crippen LogP contribution in [-0.4, -0.2) is 25.3 Å². The van der Waals surface area contributed by atoms with Gasteiger partial charge in [0.05, 0.1) is 0 Å². The number of hydrogen-bond acceptors (Lipinski definition) is 2. The van der Waals surface area contributed by atoms with E-state index in [0.717, 1.165) is 6.04 Å². The van der Waals surface area contributed by atoms with E-state index >= 15 is 0 Å². The van der Waals surface area contributed by atoms with Gasteiger partial charge >= 0.3 is 0 Å². The van der Waals surface area contributed by atoms with Crippen molar-refractivity contribution >= 4 is 6.72 Å². The Bertz CT molecular complexity index is 137. The van der Waals surface area contributed by atoms with Crippen LogP contribution < -0.4 is 5.32 Å². The molecule has 0 radical (unpaired) electrons. The van der Waals surface area contributed by atoms with E-state index in [2.05, 4.69) is 24.0 Å². The molecule has 1 rings (SSSR count). The third kappa shape index (κ3) is 3.90. The number of aliphatic imine (C=N–C) groups is 1. The first-order chi connectivity index (χ1) is 6.36. The molecule has 0 aliphatic heterocycles. The van der Waals surface area contributed by atoms with Crippen LogP contribution in [0.15, 0.2) is 4.99 Å². The summed E-state index contributed by atoms with van der Waals surface area (Å²) in [5, 5.41) is 3.61. The van der Waals surface area contributed by atoms with Crippen LogP contribution in [0.1, 0.15) is 45.4 Å². The third-order valence-electron chi connectivity index (χ3n) is 2.92. The molecule has 0 heterocycles. The first kappa shape index (κ1) is 10.7. The van der Waals surface area contributed by atoms with E-state index in [0.29, 0.717) is 6.04 Å². The minimum absolute atomic E-state index is 0.546. The second-order valence-corrected chi connectivity index (χ2v) is 4.00. The predicted octanol–water partition coefficient (Wildman–Crippen LogP) is 2.39. The van der Waals surface area contributed by atoms with E-state index < -0.39 is 0 Å². The van der Waals surface area contributed by atoms with Gasteiger partial charge in [-0.2, -0.15) is 0 Å². The zero-order chi connectivity index (χ0) is 9.52. The molecule has 1 N–H and O–H groups in total. The van der Waals surface area contributed by atoms with E-state index in [1.54, 1.807) is 0 Å². The number of hydrogen-bond donors (Lipinski definition) is 1. The van der Waals surface area contributed by atoms with Crippen LogP contribution in [-0.2, 0) is 0 Å². The van der Waals surface area contributed by atoms with E-state index in [4.69, 9.17) is 0 Å². The van der Waals surface area contributed by atoms with Crippen LogP contribution in [0.5, 0.6) is 0 Å². The highest BCUT2D eigenvalue weighted by molar-refractivity contribution is 5.24. The summed E-state index contributed by atoms with van der Waals surface area (Å²) in [5.74, 6) is 0. The number of nitrogens with zero attached hydrogens (tertiary/aromatic N) is 1. The van der Waals surface area contributed by atoms with Crippen molar-refractivity contribution in [2.24, 2.45) is 4.99 Å². The van der Waals surface area contributed by atoms with Crippen molar-refractivity contribution in [3.63, 3.8) is 0 Å². The van der Waals surface area contributed by atoms with Crippen LogP contribution in [0, 0.1) is 0 Å². The Morgan fingerprint density at radius 1 is 1.31 bits per heavy atom. The highest BCUT2D eigenvalue weighted by Gasteiger charge is 2.18. The second kappa shape index (κ2) is 6.14. The van der Waals surface area contributed by atoms with E-state index in [9.17, 15) is 0 Å². The van der Waals surface area contributed by atoms with Gasteiger partial charge in [0.1, 0.15) is 0 Å². The van der Waals surface area contributed by atoms with Crippen LogP contribution in [0.2, 0.25) is 0 Å². The molecule has 0 aromatic heterocycles. The highest BCUT2D eigenvalue weighted by Crippen LogP contribution is 2.20. The van der Waals surface area contributed by atoms with Gasteiger partial charge in [0.15, 0.2) is 0 Å². The number of rotatable bonds is 5. The molecule has 0 spiro atoms. The molecule has 13 heavy (non-hydrogen) atoms.